The van der Waals surface area contributed by atoms with Crippen molar-refractivity contribution in [2.75, 3.05) is 13.7 Å². The fourth-order valence-corrected chi connectivity index (χ4v) is 2.04. The maximum absolute atomic E-state index is 12.4. The lowest BCUT2D eigenvalue weighted by Gasteiger charge is -2.16. The molecule has 0 aliphatic heterocycles. The first-order valence-electron chi connectivity index (χ1n) is 7.00. The minimum absolute atomic E-state index is 0.324. The Morgan fingerprint density at radius 1 is 1.27 bits per heavy atom. The van der Waals surface area contributed by atoms with E-state index >= 15 is 0 Å². The van der Waals surface area contributed by atoms with Crippen LogP contribution in [0.1, 0.15) is 35.3 Å². The number of carbonyl (C=O) groups excluding carboxylic acids is 2. The average Bonchev–Trinajstić information content (AvgIpc) is 2.47. The van der Waals surface area contributed by atoms with Crippen LogP contribution in [0.3, 0.4) is 0 Å². The van der Waals surface area contributed by atoms with Crippen LogP contribution >= 0.6 is 11.6 Å². The number of ether oxygens (including phenoxy) is 2. The predicted molar refractivity (Wildman–Crippen MR) is 86.7 cm³/mol. The summed E-state index contributed by atoms with van der Waals surface area (Å²) in [6.45, 7) is 8.15. The number of rotatable bonds is 6. The molecule has 22 heavy (non-hydrogen) atoms. The number of halogens is 1. The van der Waals surface area contributed by atoms with Gasteiger partial charge in [0.1, 0.15) is 5.75 Å². The molecule has 0 saturated heterocycles. The van der Waals surface area contributed by atoms with Crippen LogP contribution in [0.4, 0.5) is 0 Å². The van der Waals surface area contributed by atoms with Gasteiger partial charge in [0, 0.05) is 11.1 Å². The van der Waals surface area contributed by atoms with E-state index < -0.39 is 5.97 Å². The van der Waals surface area contributed by atoms with Gasteiger partial charge in [0.15, 0.2) is 5.78 Å². The molecule has 0 spiro atoms. The number of ketones is 1. The normalized spacial score (nSPS) is 11.0. The number of hydrogen-bond donors (Lipinski definition) is 0. The quantitative estimate of drug-likeness (QED) is 0.452. The highest BCUT2D eigenvalue weighted by Crippen LogP contribution is 2.32. The monoisotopic (exact) mass is 324 g/mol. The molecule has 4 nitrogen and oxygen atoms in total. The molecule has 0 bridgehead atoms. The molecule has 1 rings (SSSR count). The Balaban J connectivity index is 3.24. The average molecular weight is 325 g/mol. The topological polar surface area (TPSA) is 52.6 Å². The van der Waals surface area contributed by atoms with Crippen molar-refractivity contribution in [1.82, 2.24) is 0 Å². The molecule has 0 saturated carbocycles. The molecule has 1 aromatic carbocycles. The summed E-state index contributed by atoms with van der Waals surface area (Å²) >= 11 is 6.23. The second-order valence-corrected chi connectivity index (χ2v) is 5.81. The molecule has 0 heterocycles. The molecule has 0 aromatic heterocycles. The van der Waals surface area contributed by atoms with Gasteiger partial charge in [0.25, 0.3) is 0 Å². The standard InChI is InChI=1S/C17H21ClO4/c1-10(2)9-22-14-8-11(3)17(18)12(4)16(14)13(19)6-7-15(20)21-5/h6-8,10H,9H2,1-5H3/b7-6+. The van der Waals surface area contributed by atoms with Crippen molar-refractivity contribution in [3.05, 3.63) is 39.9 Å². The number of esters is 1. The molecule has 0 amide bonds. The van der Waals surface area contributed by atoms with Gasteiger partial charge in [-0.2, -0.15) is 0 Å². The number of benzene rings is 1. The van der Waals surface area contributed by atoms with Crippen molar-refractivity contribution in [3.63, 3.8) is 0 Å². The molecule has 0 radical (unpaired) electrons. The Labute approximate surface area is 136 Å². The summed E-state index contributed by atoms with van der Waals surface area (Å²) in [4.78, 5) is 23.5. The highest BCUT2D eigenvalue weighted by atomic mass is 35.5. The first kappa shape index (κ1) is 18.2. The third kappa shape index (κ3) is 4.60. The van der Waals surface area contributed by atoms with Crippen molar-refractivity contribution < 1.29 is 19.1 Å². The molecule has 5 heteroatoms. The van der Waals surface area contributed by atoms with E-state index in [9.17, 15) is 9.59 Å². The van der Waals surface area contributed by atoms with Crippen LogP contribution in [0.25, 0.3) is 0 Å². The highest BCUT2D eigenvalue weighted by Gasteiger charge is 2.18. The molecular formula is C17H21ClO4. The Kier molecular flexibility index (Phi) is 6.62. The van der Waals surface area contributed by atoms with Gasteiger partial charge in [-0.3, -0.25) is 4.79 Å². The predicted octanol–water partition coefficient (Wildman–Crippen LogP) is 3.90. The molecule has 0 fully saturated rings. The van der Waals surface area contributed by atoms with E-state index in [4.69, 9.17) is 16.3 Å². The van der Waals surface area contributed by atoms with Gasteiger partial charge in [0.2, 0.25) is 0 Å². The minimum atomic E-state index is -0.589. The van der Waals surface area contributed by atoms with Gasteiger partial charge in [0.05, 0.1) is 19.3 Å². The van der Waals surface area contributed by atoms with E-state index in [0.29, 0.717) is 34.4 Å². The lowest BCUT2D eigenvalue weighted by molar-refractivity contribution is -0.134. The summed E-state index contributed by atoms with van der Waals surface area (Å²) in [6, 6.07) is 1.75. The molecule has 1 aromatic rings. The Hall–Kier alpha value is -1.81. The summed E-state index contributed by atoms with van der Waals surface area (Å²) in [5.74, 6) is -0.130. The summed E-state index contributed by atoms with van der Waals surface area (Å²) in [7, 11) is 1.25. The lowest BCUT2D eigenvalue weighted by atomic mass is 10.00. The third-order valence-electron chi connectivity index (χ3n) is 3.03. The van der Waals surface area contributed by atoms with Crippen LogP contribution in [0.5, 0.6) is 5.75 Å². The lowest BCUT2D eigenvalue weighted by Crippen LogP contribution is -2.10. The number of aryl methyl sites for hydroxylation is 1. The molecule has 0 aliphatic rings. The largest absolute Gasteiger partial charge is 0.493 e. The van der Waals surface area contributed by atoms with Gasteiger partial charge in [-0.15, -0.1) is 0 Å². The maximum Gasteiger partial charge on any atom is 0.330 e. The number of allylic oxidation sites excluding steroid dienone is 1. The van der Waals surface area contributed by atoms with E-state index in [1.54, 1.807) is 13.0 Å². The Bertz CT molecular complexity index is 603. The number of methoxy groups -OCH3 is 1. The first-order valence-corrected chi connectivity index (χ1v) is 7.38. The van der Waals surface area contributed by atoms with E-state index in [1.807, 2.05) is 20.8 Å². The SMILES string of the molecule is COC(=O)/C=C/C(=O)c1c(OCC(C)C)cc(C)c(Cl)c1C. The van der Waals surface area contributed by atoms with Crippen LogP contribution in [-0.2, 0) is 9.53 Å². The molecule has 0 N–H and O–H groups in total. The van der Waals surface area contributed by atoms with Crippen LogP contribution in [0.2, 0.25) is 5.02 Å². The molecule has 0 atom stereocenters. The maximum atomic E-state index is 12.4. The summed E-state index contributed by atoms with van der Waals surface area (Å²) in [5, 5.41) is 0.520. The van der Waals surface area contributed by atoms with Crippen molar-refractivity contribution in [2.45, 2.75) is 27.7 Å². The zero-order chi connectivity index (χ0) is 16.9. The second kappa shape index (κ2) is 7.99. The summed E-state index contributed by atoms with van der Waals surface area (Å²) < 4.78 is 10.2. The summed E-state index contributed by atoms with van der Waals surface area (Å²) in [6.07, 6.45) is 2.25. The molecular weight excluding hydrogens is 304 g/mol. The third-order valence-corrected chi connectivity index (χ3v) is 3.62. The van der Waals surface area contributed by atoms with Crippen LogP contribution in [-0.4, -0.2) is 25.5 Å². The van der Waals surface area contributed by atoms with Crippen molar-refractivity contribution >= 4 is 23.4 Å². The van der Waals surface area contributed by atoms with E-state index in [1.165, 1.54) is 13.2 Å². The van der Waals surface area contributed by atoms with Crippen molar-refractivity contribution in [2.24, 2.45) is 5.92 Å². The second-order valence-electron chi connectivity index (χ2n) is 5.43. The van der Waals surface area contributed by atoms with Crippen molar-refractivity contribution in [3.8, 4) is 5.75 Å². The number of carbonyl (C=O) groups is 2. The van der Waals surface area contributed by atoms with Crippen LogP contribution < -0.4 is 4.74 Å². The Morgan fingerprint density at radius 2 is 1.91 bits per heavy atom. The first-order chi connectivity index (χ1) is 10.3. The Morgan fingerprint density at radius 3 is 2.45 bits per heavy atom. The molecule has 0 aliphatic carbocycles. The van der Waals surface area contributed by atoms with E-state index in [-0.39, 0.29) is 5.78 Å². The van der Waals surface area contributed by atoms with Gasteiger partial charge in [-0.05, 0) is 43.0 Å². The molecule has 0 unspecified atom stereocenters. The van der Waals surface area contributed by atoms with Crippen molar-refractivity contribution in [1.29, 1.82) is 0 Å². The number of hydrogen-bond acceptors (Lipinski definition) is 4. The van der Waals surface area contributed by atoms with Gasteiger partial charge in [-0.1, -0.05) is 25.4 Å². The van der Waals surface area contributed by atoms with Gasteiger partial charge in [-0.25, -0.2) is 4.79 Å². The zero-order valence-electron chi connectivity index (χ0n) is 13.5. The molecule has 120 valence electrons. The fourth-order valence-electron chi connectivity index (χ4n) is 1.89. The minimum Gasteiger partial charge on any atom is -0.493 e. The van der Waals surface area contributed by atoms with E-state index in [0.717, 1.165) is 11.6 Å². The van der Waals surface area contributed by atoms with Crippen LogP contribution in [0, 0.1) is 19.8 Å². The summed E-state index contributed by atoms with van der Waals surface area (Å²) in [5.41, 5.74) is 1.85. The van der Waals surface area contributed by atoms with Gasteiger partial charge >= 0.3 is 5.97 Å². The smallest absolute Gasteiger partial charge is 0.330 e. The van der Waals surface area contributed by atoms with Gasteiger partial charge < -0.3 is 9.47 Å². The van der Waals surface area contributed by atoms with Crippen LogP contribution in [0.15, 0.2) is 18.2 Å². The fraction of sp³-hybridized carbons (Fsp3) is 0.412. The zero-order valence-corrected chi connectivity index (χ0v) is 14.3. The highest BCUT2D eigenvalue weighted by molar-refractivity contribution is 6.33. The van der Waals surface area contributed by atoms with E-state index in [2.05, 4.69) is 4.74 Å².